The van der Waals surface area contributed by atoms with E-state index in [1.165, 1.54) is 24.0 Å². The SMILES string of the molecule is Nc1ccc(C=C2CCNCC2)cc1. The number of nitrogen functional groups attached to an aromatic ring is 1. The lowest BCUT2D eigenvalue weighted by Gasteiger charge is -2.15. The third-order valence-corrected chi connectivity index (χ3v) is 2.55. The minimum Gasteiger partial charge on any atom is -0.399 e. The Morgan fingerprint density at radius 1 is 1.07 bits per heavy atom. The summed E-state index contributed by atoms with van der Waals surface area (Å²) in [6.45, 7) is 2.22. The highest BCUT2D eigenvalue weighted by Crippen LogP contribution is 2.16. The topological polar surface area (TPSA) is 38.0 Å². The Morgan fingerprint density at radius 3 is 2.36 bits per heavy atom. The zero-order valence-electron chi connectivity index (χ0n) is 8.29. The molecule has 1 fully saturated rings. The van der Waals surface area contributed by atoms with E-state index in [4.69, 9.17) is 5.73 Å². The maximum Gasteiger partial charge on any atom is 0.0314 e. The van der Waals surface area contributed by atoms with Crippen LogP contribution in [0.5, 0.6) is 0 Å². The Bertz CT molecular complexity index is 317. The average Bonchev–Trinajstić information content (AvgIpc) is 2.23. The molecule has 2 nitrogen and oxygen atoms in total. The fraction of sp³-hybridized carbons (Fsp3) is 0.333. The van der Waals surface area contributed by atoms with Crippen LogP contribution in [0.15, 0.2) is 29.8 Å². The second-order valence-corrected chi connectivity index (χ2v) is 3.72. The van der Waals surface area contributed by atoms with Crippen LogP contribution in [-0.2, 0) is 0 Å². The molecule has 0 saturated carbocycles. The van der Waals surface area contributed by atoms with Crippen LogP contribution in [0.3, 0.4) is 0 Å². The van der Waals surface area contributed by atoms with Crippen molar-refractivity contribution >= 4 is 11.8 Å². The van der Waals surface area contributed by atoms with Gasteiger partial charge in [0.2, 0.25) is 0 Å². The standard InChI is InChI=1S/C12H16N2/c13-12-3-1-10(2-4-12)9-11-5-7-14-8-6-11/h1-4,9,14H,5-8,13H2. The Balaban J connectivity index is 2.11. The van der Waals surface area contributed by atoms with Crippen LogP contribution in [0.1, 0.15) is 18.4 Å². The Kier molecular flexibility index (Phi) is 2.84. The van der Waals surface area contributed by atoms with E-state index in [-0.39, 0.29) is 0 Å². The third kappa shape index (κ3) is 2.36. The first kappa shape index (κ1) is 9.28. The van der Waals surface area contributed by atoms with Gasteiger partial charge in [0.05, 0.1) is 0 Å². The predicted molar refractivity (Wildman–Crippen MR) is 60.9 cm³/mol. The van der Waals surface area contributed by atoms with Crippen molar-refractivity contribution in [2.45, 2.75) is 12.8 Å². The Hall–Kier alpha value is -1.28. The summed E-state index contributed by atoms with van der Waals surface area (Å²) in [6.07, 6.45) is 4.62. The lowest BCUT2D eigenvalue weighted by Crippen LogP contribution is -2.22. The summed E-state index contributed by atoms with van der Waals surface area (Å²) >= 11 is 0. The molecule has 0 atom stereocenters. The van der Waals surface area contributed by atoms with E-state index in [1.807, 2.05) is 12.1 Å². The van der Waals surface area contributed by atoms with Gasteiger partial charge in [-0.2, -0.15) is 0 Å². The molecule has 0 amide bonds. The van der Waals surface area contributed by atoms with Crippen LogP contribution in [0.25, 0.3) is 6.08 Å². The smallest absolute Gasteiger partial charge is 0.0314 e. The zero-order chi connectivity index (χ0) is 9.80. The van der Waals surface area contributed by atoms with Crippen molar-refractivity contribution in [3.05, 3.63) is 35.4 Å². The van der Waals surface area contributed by atoms with E-state index >= 15 is 0 Å². The van der Waals surface area contributed by atoms with Crippen LogP contribution in [0.4, 0.5) is 5.69 Å². The largest absolute Gasteiger partial charge is 0.399 e. The molecular weight excluding hydrogens is 172 g/mol. The minimum absolute atomic E-state index is 0.831. The molecule has 1 aromatic rings. The lowest BCUT2D eigenvalue weighted by molar-refractivity contribution is 0.613. The van der Waals surface area contributed by atoms with Crippen molar-refractivity contribution in [2.24, 2.45) is 0 Å². The predicted octanol–water partition coefficient (Wildman–Crippen LogP) is 2.04. The second kappa shape index (κ2) is 4.29. The quantitative estimate of drug-likeness (QED) is 0.662. The van der Waals surface area contributed by atoms with Gasteiger partial charge in [-0.15, -0.1) is 0 Å². The van der Waals surface area contributed by atoms with Gasteiger partial charge in [0.1, 0.15) is 0 Å². The van der Waals surface area contributed by atoms with E-state index in [0.717, 1.165) is 18.8 Å². The van der Waals surface area contributed by atoms with Gasteiger partial charge in [-0.05, 0) is 43.6 Å². The normalized spacial score (nSPS) is 16.7. The molecule has 1 aromatic carbocycles. The lowest BCUT2D eigenvalue weighted by atomic mass is 10.0. The van der Waals surface area contributed by atoms with Gasteiger partial charge < -0.3 is 11.1 Å². The maximum absolute atomic E-state index is 5.63. The molecule has 0 spiro atoms. The molecule has 1 saturated heterocycles. The number of nitrogens with two attached hydrogens (primary N) is 1. The van der Waals surface area contributed by atoms with Crippen LogP contribution in [0, 0.1) is 0 Å². The van der Waals surface area contributed by atoms with Crippen LogP contribution >= 0.6 is 0 Å². The number of rotatable bonds is 1. The fourth-order valence-electron chi connectivity index (χ4n) is 1.72. The summed E-state index contributed by atoms with van der Waals surface area (Å²) in [5.41, 5.74) is 9.26. The Morgan fingerprint density at radius 2 is 1.71 bits per heavy atom. The summed E-state index contributed by atoms with van der Waals surface area (Å²) in [5, 5.41) is 3.35. The van der Waals surface area contributed by atoms with Crippen molar-refractivity contribution in [1.29, 1.82) is 0 Å². The molecule has 3 N–H and O–H groups in total. The summed E-state index contributed by atoms with van der Waals surface area (Å²) < 4.78 is 0. The third-order valence-electron chi connectivity index (χ3n) is 2.55. The van der Waals surface area contributed by atoms with E-state index in [2.05, 4.69) is 23.5 Å². The zero-order valence-corrected chi connectivity index (χ0v) is 8.29. The summed E-state index contributed by atoms with van der Waals surface area (Å²) in [4.78, 5) is 0. The average molecular weight is 188 g/mol. The van der Waals surface area contributed by atoms with Gasteiger partial charge in [-0.3, -0.25) is 0 Å². The van der Waals surface area contributed by atoms with Crippen LogP contribution in [0.2, 0.25) is 0 Å². The van der Waals surface area contributed by atoms with Crippen molar-refractivity contribution in [3.63, 3.8) is 0 Å². The summed E-state index contributed by atoms with van der Waals surface area (Å²) in [6, 6.07) is 8.05. The number of nitrogens with one attached hydrogen (secondary N) is 1. The fourth-order valence-corrected chi connectivity index (χ4v) is 1.72. The molecule has 14 heavy (non-hydrogen) atoms. The molecule has 1 aliphatic rings. The van der Waals surface area contributed by atoms with Gasteiger partial charge in [0, 0.05) is 5.69 Å². The molecule has 0 aromatic heterocycles. The van der Waals surface area contributed by atoms with Gasteiger partial charge in [0.15, 0.2) is 0 Å². The molecule has 1 heterocycles. The van der Waals surface area contributed by atoms with E-state index < -0.39 is 0 Å². The van der Waals surface area contributed by atoms with Crippen LogP contribution < -0.4 is 11.1 Å². The van der Waals surface area contributed by atoms with E-state index in [1.54, 1.807) is 0 Å². The highest BCUT2D eigenvalue weighted by molar-refractivity contribution is 5.56. The first-order chi connectivity index (χ1) is 6.84. The molecule has 1 aliphatic heterocycles. The highest BCUT2D eigenvalue weighted by Gasteiger charge is 2.03. The van der Waals surface area contributed by atoms with Gasteiger partial charge >= 0.3 is 0 Å². The molecule has 0 aliphatic carbocycles. The van der Waals surface area contributed by atoms with Gasteiger partial charge in [-0.25, -0.2) is 0 Å². The van der Waals surface area contributed by atoms with Crippen molar-refractivity contribution in [1.82, 2.24) is 5.32 Å². The number of hydrogen-bond donors (Lipinski definition) is 2. The van der Waals surface area contributed by atoms with Crippen LogP contribution in [-0.4, -0.2) is 13.1 Å². The molecule has 0 radical (unpaired) electrons. The first-order valence-corrected chi connectivity index (χ1v) is 5.10. The molecule has 0 unspecified atom stereocenters. The van der Waals surface area contributed by atoms with Crippen molar-refractivity contribution in [2.75, 3.05) is 18.8 Å². The summed E-state index contributed by atoms with van der Waals surface area (Å²) in [7, 11) is 0. The number of piperidine rings is 1. The first-order valence-electron chi connectivity index (χ1n) is 5.10. The number of anilines is 1. The van der Waals surface area contributed by atoms with E-state index in [0.29, 0.717) is 0 Å². The minimum atomic E-state index is 0.831. The number of benzene rings is 1. The molecule has 2 heteroatoms. The number of hydrogen-bond acceptors (Lipinski definition) is 2. The van der Waals surface area contributed by atoms with E-state index in [9.17, 15) is 0 Å². The molecular formula is C12H16N2. The maximum atomic E-state index is 5.63. The van der Waals surface area contributed by atoms with Crippen molar-refractivity contribution in [3.8, 4) is 0 Å². The Labute approximate surface area is 84.8 Å². The van der Waals surface area contributed by atoms with Gasteiger partial charge in [-0.1, -0.05) is 23.8 Å². The summed E-state index contributed by atoms with van der Waals surface area (Å²) in [5.74, 6) is 0. The van der Waals surface area contributed by atoms with Crippen molar-refractivity contribution < 1.29 is 0 Å². The molecule has 2 rings (SSSR count). The highest BCUT2D eigenvalue weighted by atomic mass is 14.9. The monoisotopic (exact) mass is 188 g/mol. The second-order valence-electron chi connectivity index (χ2n) is 3.72. The molecule has 0 bridgehead atoms. The van der Waals surface area contributed by atoms with Gasteiger partial charge in [0.25, 0.3) is 0 Å². The molecule has 74 valence electrons.